The van der Waals surface area contributed by atoms with Crippen LogP contribution < -0.4 is 16.4 Å². The van der Waals surface area contributed by atoms with Crippen LogP contribution in [0.15, 0.2) is 66.9 Å². The number of rotatable bonds is 5. The highest BCUT2D eigenvalue weighted by molar-refractivity contribution is 6.06. The van der Waals surface area contributed by atoms with Crippen molar-refractivity contribution in [3.05, 3.63) is 83.7 Å². The fourth-order valence-electron chi connectivity index (χ4n) is 2.78. The number of carbonyl (C=O) groups excluding carboxylic acids is 2. The zero-order valence-corrected chi connectivity index (χ0v) is 14.4. The number of hydrogen-bond donors (Lipinski definition) is 2. The third-order valence-electron chi connectivity index (χ3n) is 4.21. The summed E-state index contributed by atoms with van der Waals surface area (Å²) in [6.07, 6.45) is 1.82. The Morgan fingerprint density at radius 3 is 2.27 bits per heavy atom. The van der Waals surface area contributed by atoms with E-state index >= 15 is 0 Å². The molecule has 0 fully saturated rings. The number of primary amides is 1. The number of carbonyl (C=O) groups is 2. The van der Waals surface area contributed by atoms with Gasteiger partial charge in [-0.3, -0.25) is 9.59 Å². The molecule has 3 aromatic rings. The van der Waals surface area contributed by atoms with E-state index in [9.17, 15) is 9.59 Å². The molecule has 0 radical (unpaired) electrons. The van der Waals surface area contributed by atoms with Crippen LogP contribution >= 0.6 is 0 Å². The standard InChI is InChI=1S/C20H20N4O2/c1-23-12-4-7-18(23)20(26)24(17-6-3-2-5-16(17)21)13-14-8-10-15(11-9-14)19(22)25/h2-12H,13,21H2,1H3,(H2,22,25). The molecular weight excluding hydrogens is 328 g/mol. The lowest BCUT2D eigenvalue weighted by Gasteiger charge is -2.24. The number of hydrogen-bond acceptors (Lipinski definition) is 3. The lowest BCUT2D eigenvalue weighted by atomic mass is 10.1. The number of aryl methyl sites for hydroxylation is 1. The molecular formula is C20H20N4O2. The normalized spacial score (nSPS) is 10.5. The molecule has 0 saturated heterocycles. The number of nitrogens with zero attached hydrogens (tertiary/aromatic N) is 2. The second-order valence-electron chi connectivity index (χ2n) is 6.02. The van der Waals surface area contributed by atoms with Crippen LogP contribution in [0.25, 0.3) is 0 Å². The van der Waals surface area contributed by atoms with Crippen LogP contribution in [0.3, 0.4) is 0 Å². The van der Waals surface area contributed by atoms with Crippen molar-refractivity contribution in [2.75, 3.05) is 10.6 Å². The Labute approximate surface area is 151 Å². The molecule has 0 bridgehead atoms. The predicted octanol–water partition coefficient (Wildman–Crippen LogP) is 2.55. The summed E-state index contributed by atoms with van der Waals surface area (Å²) in [6.45, 7) is 0.317. The Hall–Kier alpha value is -3.54. The van der Waals surface area contributed by atoms with E-state index in [-0.39, 0.29) is 5.91 Å². The van der Waals surface area contributed by atoms with Gasteiger partial charge < -0.3 is 20.9 Å². The maximum Gasteiger partial charge on any atom is 0.275 e. The zero-order chi connectivity index (χ0) is 18.7. The number of nitrogen functional groups attached to an aromatic ring is 1. The summed E-state index contributed by atoms with van der Waals surface area (Å²) in [5.74, 6) is -0.644. The van der Waals surface area contributed by atoms with E-state index in [0.29, 0.717) is 29.2 Å². The number of para-hydroxylation sites is 2. The minimum Gasteiger partial charge on any atom is -0.397 e. The van der Waals surface area contributed by atoms with Gasteiger partial charge in [-0.2, -0.15) is 0 Å². The molecule has 132 valence electrons. The van der Waals surface area contributed by atoms with Crippen LogP contribution in [0.2, 0.25) is 0 Å². The Kier molecular flexibility index (Phi) is 4.75. The van der Waals surface area contributed by atoms with Crippen molar-refractivity contribution in [2.45, 2.75) is 6.54 Å². The summed E-state index contributed by atoms with van der Waals surface area (Å²) >= 11 is 0. The highest BCUT2D eigenvalue weighted by Gasteiger charge is 2.22. The number of amides is 2. The van der Waals surface area contributed by atoms with Crippen molar-refractivity contribution in [1.82, 2.24) is 4.57 Å². The topological polar surface area (TPSA) is 94.4 Å². The van der Waals surface area contributed by atoms with Gasteiger partial charge in [0.1, 0.15) is 5.69 Å². The van der Waals surface area contributed by atoms with E-state index in [1.165, 1.54) is 0 Å². The molecule has 0 unspecified atom stereocenters. The summed E-state index contributed by atoms with van der Waals surface area (Å²) in [7, 11) is 1.82. The second-order valence-corrected chi connectivity index (χ2v) is 6.02. The van der Waals surface area contributed by atoms with Crippen molar-refractivity contribution < 1.29 is 9.59 Å². The van der Waals surface area contributed by atoms with Gasteiger partial charge >= 0.3 is 0 Å². The van der Waals surface area contributed by atoms with E-state index < -0.39 is 5.91 Å². The largest absolute Gasteiger partial charge is 0.397 e. The van der Waals surface area contributed by atoms with Crippen molar-refractivity contribution in [2.24, 2.45) is 12.8 Å². The quantitative estimate of drug-likeness (QED) is 0.694. The monoisotopic (exact) mass is 348 g/mol. The first kappa shape index (κ1) is 17.3. The molecule has 3 rings (SSSR count). The van der Waals surface area contributed by atoms with Gasteiger partial charge in [0.05, 0.1) is 17.9 Å². The van der Waals surface area contributed by atoms with Crippen molar-refractivity contribution in [3.63, 3.8) is 0 Å². The molecule has 26 heavy (non-hydrogen) atoms. The Bertz CT molecular complexity index is 944. The summed E-state index contributed by atoms with van der Waals surface area (Å²) in [5.41, 5.74) is 14.4. The first-order chi connectivity index (χ1) is 12.5. The molecule has 2 aromatic carbocycles. The van der Waals surface area contributed by atoms with Crippen LogP contribution in [0, 0.1) is 0 Å². The number of benzene rings is 2. The highest BCUT2D eigenvalue weighted by Crippen LogP contribution is 2.26. The average molecular weight is 348 g/mol. The van der Waals surface area contributed by atoms with Crippen molar-refractivity contribution in [3.8, 4) is 0 Å². The number of aromatic nitrogens is 1. The molecule has 4 N–H and O–H groups in total. The second kappa shape index (κ2) is 7.14. The van der Waals surface area contributed by atoms with Crippen LogP contribution in [0.5, 0.6) is 0 Å². The van der Waals surface area contributed by atoms with E-state index in [2.05, 4.69) is 0 Å². The lowest BCUT2D eigenvalue weighted by Crippen LogP contribution is -2.32. The van der Waals surface area contributed by atoms with Gasteiger partial charge in [0.2, 0.25) is 5.91 Å². The Balaban J connectivity index is 1.98. The molecule has 0 saturated carbocycles. The van der Waals surface area contributed by atoms with E-state index in [0.717, 1.165) is 5.56 Å². The third-order valence-corrected chi connectivity index (χ3v) is 4.21. The van der Waals surface area contributed by atoms with Crippen LogP contribution in [0.4, 0.5) is 11.4 Å². The SMILES string of the molecule is Cn1cccc1C(=O)N(Cc1ccc(C(N)=O)cc1)c1ccccc1N. The van der Waals surface area contributed by atoms with Crippen LogP contribution in [-0.4, -0.2) is 16.4 Å². The fraction of sp³-hybridized carbons (Fsp3) is 0.100. The van der Waals surface area contributed by atoms with Crippen LogP contribution in [0.1, 0.15) is 26.4 Å². The molecule has 0 aliphatic carbocycles. The first-order valence-corrected chi connectivity index (χ1v) is 8.14. The van der Waals surface area contributed by atoms with E-state index in [4.69, 9.17) is 11.5 Å². The molecule has 0 aliphatic rings. The van der Waals surface area contributed by atoms with Gasteiger partial charge in [-0.25, -0.2) is 0 Å². The van der Waals surface area contributed by atoms with Gasteiger partial charge in [-0.1, -0.05) is 24.3 Å². The Morgan fingerprint density at radius 1 is 1.00 bits per heavy atom. The molecule has 0 spiro atoms. The average Bonchev–Trinajstić information content (AvgIpc) is 3.06. The highest BCUT2D eigenvalue weighted by atomic mass is 16.2. The van der Waals surface area contributed by atoms with Gasteiger partial charge in [0.25, 0.3) is 5.91 Å². The maximum atomic E-state index is 13.1. The lowest BCUT2D eigenvalue weighted by molar-refractivity contribution is 0.0974. The molecule has 0 atom stereocenters. The molecule has 0 aliphatic heterocycles. The van der Waals surface area contributed by atoms with Crippen molar-refractivity contribution in [1.29, 1.82) is 0 Å². The van der Waals surface area contributed by atoms with Gasteiger partial charge in [-0.05, 0) is 42.0 Å². The van der Waals surface area contributed by atoms with Gasteiger partial charge in [0, 0.05) is 18.8 Å². The van der Waals surface area contributed by atoms with Crippen LogP contribution in [-0.2, 0) is 13.6 Å². The molecule has 6 nitrogen and oxygen atoms in total. The van der Waals surface area contributed by atoms with Crippen molar-refractivity contribution >= 4 is 23.2 Å². The van der Waals surface area contributed by atoms with E-state index in [1.807, 2.05) is 37.5 Å². The molecule has 1 aromatic heterocycles. The fourth-order valence-corrected chi connectivity index (χ4v) is 2.78. The van der Waals surface area contributed by atoms with E-state index in [1.54, 1.807) is 45.9 Å². The minimum absolute atomic E-state index is 0.158. The van der Waals surface area contributed by atoms with Gasteiger partial charge in [0.15, 0.2) is 0 Å². The summed E-state index contributed by atoms with van der Waals surface area (Å²) in [5, 5.41) is 0. The van der Waals surface area contributed by atoms with Gasteiger partial charge in [-0.15, -0.1) is 0 Å². The summed E-state index contributed by atoms with van der Waals surface area (Å²) in [6, 6.07) is 17.7. The predicted molar refractivity (Wildman–Crippen MR) is 102 cm³/mol. The molecule has 2 amide bonds. The molecule has 1 heterocycles. The smallest absolute Gasteiger partial charge is 0.275 e. The molecule has 6 heteroatoms. The number of nitrogens with two attached hydrogens (primary N) is 2. The third kappa shape index (κ3) is 3.44. The summed E-state index contributed by atoms with van der Waals surface area (Å²) in [4.78, 5) is 26.0. The number of anilines is 2. The summed E-state index contributed by atoms with van der Waals surface area (Å²) < 4.78 is 1.77. The first-order valence-electron chi connectivity index (χ1n) is 8.14. The zero-order valence-electron chi connectivity index (χ0n) is 14.4. The Morgan fingerprint density at radius 2 is 1.69 bits per heavy atom. The minimum atomic E-state index is -0.486. The maximum absolute atomic E-state index is 13.1.